The molecule has 1 saturated heterocycles. The summed E-state index contributed by atoms with van der Waals surface area (Å²) in [5.74, 6) is -0.105. The number of nitrogens with two attached hydrogens (primary N) is 1. The first-order valence-electron chi connectivity index (χ1n) is 6.96. The predicted octanol–water partition coefficient (Wildman–Crippen LogP) is 1.08. The molecule has 0 aliphatic carbocycles. The fourth-order valence-electron chi connectivity index (χ4n) is 2.44. The number of nitrogens with zero attached hydrogens (tertiary/aromatic N) is 2. The van der Waals surface area contributed by atoms with E-state index in [9.17, 15) is 13.5 Å². The number of benzene rings is 1. The van der Waals surface area contributed by atoms with Gasteiger partial charge in [-0.15, -0.1) is 0 Å². The second-order valence-electron chi connectivity index (χ2n) is 6.28. The van der Waals surface area contributed by atoms with Crippen molar-refractivity contribution in [3.8, 4) is 5.75 Å². The summed E-state index contributed by atoms with van der Waals surface area (Å²) < 4.78 is 26.6. The van der Waals surface area contributed by atoms with Crippen molar-refractivity contribution in [2.24, 2.45) is 0 Å². The summed E-state index contributed by atoms with van der Waals surface area (Å²) in [6.07, 6.45) is 0. The maximum absolute atomic E-state index is 12.6. The molecule has 3 N–H and O–H groups in total. The van der Waals surface area contributed by atoms with Gasteiger partial charge in [0.25, 0.3) is 0 Å². The zero-order valence-corrected chi connectivity index (χ0v) is 13.5. The molecule has 1 heterocycles. The summed E-state index contributed by atoms with van der Waals surface area (Å²) >= 11 is 0. The molecule has 21 heavy (non-hydrogen) atoms. The van der Waals surface area contributed by atoms with Gasteiger partial charge in [0.1, 0.15) is 5.75 Å². The van der Waals surface area contributed by atoms with E-state index in [2.05, 4.69) is 25.7 Å². The molecule has 1 fully saturated rings. The van der Waals surface area contributed by atoms with E-state index >= 15 is 0 Å². The Hall–Kier alpha value is -1.31. The minimum Gasteiger partial charge on any atom is -0.506 e. The van der Waals surface area contributed by atoms with Crippen LogP contribution in [-0.4, -0.2) is 54.4 Å². The van der Waals surface area contributed by atoms with Crippen LogP contribution in [0.4, 0.5) is 5.69 Å². The van der Waals surface area contributed by atoms with Crippen LogP contribution < -0.4 is 5.73 Å². The molecule has 1 aromatic rings. The van der Waals surface area contributed by atoms with Crippen LogP contribution in [0.15, 0.2) is 23.1 Å². The Morgan fingerprint density at radius 2 is 1.71 bits per heavy atom. The normalized spacial score (nSPS) is 18.8. The minimum atomic E-state index is -3.55. The van der Waals surface area contributed by atoms with E-state index in [4.69, 9.17) is 5.73 Å². The number of phenols is 1. The molecule has 6 nitrogen and oxygen atoms in total. The zero-order valence-electron chi connectivity index (χ0n) is 12.7. The molecule has 0 amide bonds. The molecule has 1 aliphatic heterocycles. The van der Waals surface area contributed by atoms with Crippen LogP contribution in [0.5, 0.6) is 5.75 Å². The molecule has 118 valence electrons. The first-order chi connectivity index (χ1) is 9.62. The van der Waals surface area contributed by atoms with Crippen molar-refractivity contribution in [1.82, 2.24) is 9.21 Å². The molecule has 0 bridgehead atoms. The van der Waals surface area contributed by atoms with Gasteiger partial charge in [-0.3, -0.25) is 4.90 Å². The van der Waals surface area contributed by atoms with Crippen molar-refractivity contribution in [2.75, 3.05) is 31.9 Å². The Balaban J connectivity index is 2.17. The van der Waals surface area contributed by atoms with Crippen LogP contribution in [-0.2, 0) is 10.0 Å². The number of hydrogen-bond acceptors (Lipinski definition) is 5. The Kier molecular flexibility index (Phi) is 4.19. The lowest BCUT2D eigenvalue weighted by Crippen LogP contribution is -2.54. The molecule has 1 aliphatic rings. The molecular weight excluding hydrogens is 290 g/mol. The Bertz CT molecular complexity index is 615. The van der Waals surface area contributed by atoms with E-state index in [0.29, 0.717) is 26.2 Å². The number of sulfonamides is 1. The Morgan fingerprint density at radius 3 is 2.19 bits per heavy atom. The highest BCUT2D eigenvalue weighted by Gasteiger charge is 2.32. The summed E-state index contributed by atoms with van der Waals surface area (Å²) in [7, 11) is -3.55. The van der Waals surface area contributed by atoms with E-state index < -0.39 is 10.0 Å². The van der Waals surface area contributed by atoms with Gasteiger partial charge in [0, 0.05) is 31.7 Å². The molecule has 0 radical (unpaired) electrons. The van der Waals surface area contributed by atoms with Gasteiger partial charge in [-0.2, -0.15) is 4.31 Å². The molecular formula is C14H23N3O3S. The maximum Gasteiger partial charge on any atom is 0.243 e. The lowest BCUT2D eigenvalue weighted by atomic mass is 10.1. The number of rotatable bonds is 2. The lowest BCUT2D eigenvalue weighted by Gasteiger charge is -2.41. The Labute approximate surface area is 126 Å². The highest BCUT2D eigenvalue weighted by molar-refractivity contribution is 7.89. The summed E-state index contributed by atoms with van der Waals surface area (Å²) in [6, 6.07) is 4.01. The summed E-state index contributed by atoms with van der Waals surface area (Å²) in [6.45, 7) is 8.70. The van der Waals surface area contributed by atoms with Crippen molar-refractivity contribution >= 4 is 15.7 Å². The zero-order chi connectivity index (χ0) is 15.8. The van der Waals surface area contributed by atoms with Gasteiger partial charge in [-0.25, -0.2) is 8.42 Å². The maximum atomic E-state index is 12.6. The largest absolute Gasteiger partial charge is 0.506 e. The second-order valence-corrected chi connectivity index (χ2v) is 8.22. The monoisotopic (exact) mass is 313 g/mol. The van der Waals surface area contributed by atoms with Gasteiger partial charge in [0.05, 0.1) is 10.6 Å². The van der Waals surface area contributed by atoms with Gasteiger partial charge < -0.3 is 10.8 Å². The number of nitrogen functional groups attached to an aromatic ring is 1. The number of phenolic OH excluding ortho intramolecular Hbond substituents is 1. The van der Waals surface area contributed by atoms with Gasteiger partial charge in [0.2, 0.25) is 10.0 Å². The first-order valence-corrected chi connectivity index (χ1v) is 8.40. The van der Waals surface area contributed by atoms with E-state index in [1.165, 1.54) is 22.5 Å². The molecule has 7 heteroatoms. The summed E-state index contributed by atoms with van der Waals surface area (Å²) in [4.78, 5) is 2.39. The number of aromatic hydroxyl groups is 1. The van der Waals surface area contributed by atoms with Gasteiger partial charge in [0.15, 0.2) is 0 Å². The Morgan fingerprint density at radius 1 is 1.14 bits per heavy atom. The van der Waals surface area contributed by atoms with Crippen LogP contribution in [0.25, 0.3) is 0 Å². The van der Waals surface area contributed by atoms with Crippen LogP contribution in [0.3, 0.4) is 0 Å². The lowest BCUT2D eigenvalue weighted by molar-refractivity contribution is 0.0922. The van der Waals surface area contributed by atoms with Crippen LogP contribution in [0, 0.1) is 0 Å². The molecule has 0 atom stereocenters. The van der Waals surface area contributed by atoms with Crippen molar-refractivity contribution in [3.05, 3.63) is 18.2 Å². The van der Waals surface area contributed by atoms with Crippen LogP contribution in [0.1, 0.15) is 20.8 Å². The SMILES string of the molecule is CC(C)(C)N1CCN(S(=O)(=O)c2ccc(O)c(N)c2)CC1. The standard InChI is InChI=1S/C14H23N3O3S/c1-14(2,3)16-6-8-17(9-7-16)21(19,20)11-4-5-13(18)12(15)10-11/h4-5,10,18H,6-9,15H2,1-3H3. The quantitative estimate of drug-likeness (QED) is 0.630. The fourth-order valence-corrected chi connectivity index (χ4v) is 3.90. The average molecular weight is 313 g/mol. The highest BCUT2D eigenvalue weighted by Crippen LogP contribution is 2.26. The van der Waals surface area contributed by atoms with Gasteiger partial charge in [-0.05, 0) is 39.0 Å². The first kappa shape index (κ1) is 16.1. The number of hydrogen-bond donors (Lipinski definition) is 2. The minimum absolute atomic E-state index is 0.0405. The third-order valence-corrected chi connectivity index (χ3v) is 5.72. The van der Waals surface area contributed by atoms with E-state index in [1.807, 2.05) is 0 Å². The highest BCUT2D eigenvalue weighted by atomic mass is 32.2. The third-order valence-electron chi connectivity index (χ3n) is 3.82. The smallest absolute Gasteiger partial charge is 0.243 e. The van der Waals surface area contributed by atoms with Gasteiger partial charge >= 0.3 is 0 Å². The average Bonchev–Trinajstić information content (AvgIpc) is 2.41. The fraction of sp³-hybridized carbons (Fsp3) is 0.571. The van der Waals surface area contributed by atoms with E-state index in [0.717, 1.165) is 0 Å². The molecule has 2 rings (SSSR count). The van der Waals surface area contributed by atoms with Crippen LogP contribution >= 0.6 is 0 Å². The van der Waals surface area contributed by atoms with Crippen molar-refractivity contribution in [2.45, 2.75) is 31.2 Å². The van der Waals surface area contributed by atoms with Crippen molar-refractivity contribution < 1.29 is 13.5 Å². The molecule has 1 aromatic carbocycles. The topological polar surface area (TPSA) is 86.9 Å². The summed E-state index contributed by atoms with van der Waals surface area (Å²) in [5.41, 5.74) is 5.70. The van der Waals surface area contributed by atoms with Crippen molar-refractivity contribution in [3.63, 3.8) is 0 Å². The molecule has 0 unspecified atom stereocenters. The number of anilines is 1. The molecule has 0 aromatic heterocycles. The second kappa shape index (κ2) is 5.47. The summed E-state index contributed by atoms with van der Waals surface area (Å²) in [5, 5.41) is 9.40. The van der Waals surface area contributed by atoms with E-state index in [1.54, 1.807) is 0 Å². The van der Waals surface area contributed by atoms with Crippen molar-refractivity contribution in [1.29, 1.82) is 0 Å². The van der Waals surface area contributed by atoms with Crippen LogP contribution in [0.2, 0.25) is 0 Å². The number of piperazine rings is 1. The molecule has 0 saturated carbocycles. The predicted molar refractivity (Wildman–Crippen MR) is 82.6 cm³/mol. The molecule has 0 spiro atoms. The third kappa shape index (κ3) is 3.30. The van der Waals surface area contributed by atoms with Gasteiger partial charge in [-0.1, -0.05) is 0 Å². The van der Waals surface area contributed by atoms with E-state index in [-0.39, 0.29) is 21.9 Å².